The number of thiazole rings is 1. The Hall–Kier alpha value is -2.39. The van der Waals surface area contributed by atoms with Crippen molar-refractivity contribution in [2.75, 3.05) is 4.90 Å². The third kappa shape index (κ3) is 3.70. The van der Waals surface area contributed by atoms with E-state index >= 15 is 0 Å². The molecule has 7 heteroatoms. The Balaban J connectivity index is 1.81. The van der Waals surface area contributed by atoms with E-state index in [9.17, 15) is 9.18 Å². The van der Waals surface area contributed by atoms with Gasteiger partial charge in [0.2, 0.25) is 0 Å². The quantitative estimate of drug-likeness (QED) is 0.367. The molecule has 0 saturated heterocycles. The summed E-state index contributed by atoms with van der Waals surface area (Å²) in [5, 5.41) is 0.462. The maximum atomic E-state index is 14.1. The first-order valence-electron chi connectivity index (χ1n) is 8.14. The first-order valence-corrected chi connectivity index (χ1v) is 10.0. The number of fused-ring (bicyclic) bond motifs is 1. The van der Waals surface area contributed by atoms with Crippen LogP contribution in [0, 0.1) is 9.39 Å². The largest absolute Gasteiger partial charge is 0.279 e. The van der Waals surface area contributed by atoms with Crippen LogP contribution in [0.25, 0.3) is 10.2 Å². The molecule has 4 nitrogen and oxygen atoms in total. The van der Waals surface area contributed by atoms with Crippen molar-refractivity contribution in [1.82, 2.24) is 9.97 Å². The van der Waals surface area contributed by atoms with Crippen LogP contribution in [0.3, 0.4) is 0 Å². The highest BCUT2D eigenvalue weighted by Gasteiger charge is 2.24. The van der Waals surface area contributed by atoms with E-state index in [0.717, 1.165) is 9.13 Å². The second-order valence-electron chi connectivity index (χ2n) is 5.82. The number of hydrogen-bond acceptors (Lipinski definition) is 4. The standard InChI is InChI=1S/C20H13FIN3OS/c21-15-7-3-9-17-18(15)24-20(27-17)25(12-13-5-4-10-23-11-13)19(26)14-6-1-2-8-16(14)22/h1-11H,12H2. The average molecular weight is 489 g/mol. The van der Waals surface area contributed by atoms with Crippen molar-refractivity contribution in [1.29, 1.82) is 0 Å². The lowest BCUT2D eigenvalue weighted by atomic mass is 10.2. The summed E-state index contributed by atoms with van der Waals surface area (Å²) in [6, 6.07) is 15.9. The number of benzene rings is 2. The van der Waals surface area contributed by atoms with Crippen molar-refractivity contribution in [2.24, 2.45) is 0 Å². The number of nitrogens with zero attached hydrogens (tertiary/aromatic N) is 3. The van der Waals surface area contributed by atoms with Gasteiger partial charge in [-0.05, 0) is 58.5 Å². The van der Waals surface area contributed by atoms with E-state index in [1.54, 1.807) is 35.5 Å². The number of pyridine rings is 1. The lowest BCUT2D eigenvalue weighted by molar-refractivity contribution is 0.0984. The van der Waals surface area contributed by atoms with Gasteiger partial charge in [0.05, 0.1) is 16.8 Å². The second kappa shape index (κ2) is 7.69. The number of halogens is 2. The van der Waals surface area contributed by atoms with Crippen LogP contribution >= 0.6 is 33.9 Å². The number of carbonyl (C=O) groups is 1. The summed E-state index contributed by atoms with van der Waals surface area (Å²) in [7, 11) is 0. The SMILES string of the molecule is O=C(c1ccccc1I)N(Cc1cccnc1)c1nc2c(F)cccc2s1. The van der Waals surface area contributed by atoms with Gasteiger partial charge in [0, 0.05) is 16.0 Å². The molecule has 4 rings (SSSR count). The molecule has 27 heavy (non-hydrogen) atoms. The van der Waals surface area contributed by atoms with E-state index in [1.807, 2.05) is 30.3 Å². The van der Waals surface area contributed by atoms with E-state index in [2.05, 4.69) is 32.6 Å². The molecule has 0 spiro atoms. The summed E-state index contributed by atoms with van der Waals surface area (Å²) in [5.74, 6) is -0.568. The van der Waals surface area contributed by atoms with E-state index in [1.165, 1.54) is 17.4 Å². The Morgan fingerprint density at radius 3 is 2.70 bits per heavy atom. The summed E-state index contributed by atoms with van der Waals surface area (Å²) in [4.78, 5) is 23.4. The van der Waals surface area contributed by atoms with Crippen LogP contribution in [-0.2, 0) is 6.54 Å². The van der Waals surface area contributed by atoms with E-state index in [-0.39, 0.29) is 11.4 Å². The number of carbonyl (C=O) groups excluding carboxylic acids is 1. The molecule has 2 aromatic heterocycles. The molecule has 0 aliphatic rings. The molecule has 0 aliphatic heterocycles. The Labute approximate surface area is 172 Å². The molecule has 0 saturated carbocycles. The van der Waals surface area contributed by atoms with Crippen molar-refractivity contribution in [3.8, 4) is 0 Å². The van der Waals surface area contributed by atoms with Gasteiger partial charge < -0.3 is 0 Å². The summed E-state index contributed by atoms with van der Waals surface area (Å²) in [6.45, 7) is 0.305. The van der Waals surface area contributed by atoms with Crippen molar-refractivity contribution < 1.29 is 9.18 Å². The minimum atomic E-state index is -0.391. The maximum absolute atomic E-state index is 14.1. The van der Waals surface area contributed by atoms with E-state index < -0.39 is 5.82 Å². The van der Waals surface area contributed by atoms with Crippen LogP contribution in [0.5, 0.6) is 0 Å². The Morgan fingerprint density at radius 2 is 1.96 bits per heavy atom. The molecule has 0 fully saturated rings. The van der Waals surface area contributed by atoms with Gasteiger partial charge in [-0.25, -0.2) is 9.37 Å². The lowest BCUT2D eigenvalue weighted by Crippen LogP contribution is -2.31. The molecule has 0 bridgehead atoms. The maximum Gasteiger partial charge on any atom is 0.261 e. The molecule has 2 heterocycles. The van der Waals surface area contributed by atoms with Crippen LogP contribution < -0.4 is 4.90 Å². The van der Waals surface area contributed by atoms with Crippen LogP contribution in [0.1, 0.15) is 15.9 Å². The molecule has 1 amide bonds. The summed E-state index contributed by atoms with van der Waals surface area (Å²) < 4.78 is 15.7. The molecule has 134 valence electrons. The molecule has 0 N–H and O–H groups in total. The number of rotatable bonds is 4. The Morgan fingerprint density at radius 1 is 1.11 bits per heavy atom. The molecular weight excluding hydrogens is 476 g/mol. The monoisotopic (exact) mass is 489 g/mol. The highest BCUT2D eigenvalue weighted by atomic mass is 127. The van der Waals surface area contributed by atoms with Crippen LogP contribution in [0.4, 0.5) is 9.52 Å². The first kappa shape index (κ1) is 18.0. The molecule has 4 aromatic rings. The summed E-state index contributed by atoms with van der Waals surface area (Å²) in [5.41, 5.74) is 1.74. The topological polar surface area (TPSA) is 46.1 Å². The molecule has 0 atom stereocenters. The van der Waals surface area contributed by atoms with Gasteiger partial charge in [-0.15, -0.1) is 0 Å². The minimum absolute atomic E-state index is 0.177. The van der Waals surface area contributed by atoms with Crippen molar-refractivity contribution in [2.45, 2.75) is 6.54 Å². The van der Waals surface area contributed by atoms with Gasteiger partial charge in [-0.2, -0.15) is 0 Å². The third-order valence-electron chi connectivity index (χ3n) is 4.00. The molecule has 0 radical (unpaired) electrons. The van der Waals surface area contributed by atoms with Crippen molar-refractivity contribution >= 4 is 55.2 Å². The fraction of sp³-hybridized carbons (Fsp3) is 0.0500. The van der Waals surface area contributed by atoms with Gasteiger partial charge in [0.25, 0.3) is 5.91 Å². The van der Waals surface area contributed by atoms with E-state index in [0.29, 0.717) is 21.9 Å². The lowest BCUT2D eigenvalue weighted by Gasteiger charge is -2.20. The molecular formula is C20H13FIN3OS. The highest BCUT2D eigenvalue weighted by molar-refractivity contribution is 14.1. The average Bonchev–Trinajstić information content (AvgIpc) is 3.12. The predicted molar refractivity (Wildman–Crippen MR) is 113 cm³/mol. The van der Waals surface area contributed by atoms with Crippen LogP contribution in [0.15, 0.2) is 67.0 Å². The zero-order valence-corrected chi connectivity index (χ0v) is 16.9. The van der Waals surface area contributed by atoms with Crippen LogP contribution in [0.2, 0.25) is 0 Å². The van der Waals surface area contributed by atoms with Gasteiger partial charge in [-0.1, -0.05) is 35.6 Å². The number of amides is 1. The van der Waals surface area contributed by atoms with E-state index in [4.69, 9.17) is 0 Å². The predicted octanol–water partition coefficient (Wildman–Crippen LogP) is 5.28. The molecule has 0 unspecified atom stereocenters. The second-order valence-corrected chi connectivity index (χ2v) is 7.99. The van der Waals surface area contributed by atoms with Crippen molar-refractivity contribution in [3.05, 3.63) is 87.5 Å². The van der Waals surface area contributed by atoms with Gasteiger partial charge in [0.1, 0.15) is 11.3 Å². The zero-order valence-electron chi connectivity index (χ0n) is 14.0. The number of hydrogen-bond donors (Lipinski definition) is 0. The summed E-state index contributed by atoms with van der Waals surface area (Å²) >= 11 is 3.44. The van der Waals surface area contributed by atoms with Crippen molar-refractivity contribution in [3.63, 3.8) is 0 Å². The van der Waals surface area contributed by atoms with Gasteiger partial charge in [0.15, 0.2) is 5.13 Å². The van der Waals surface area contributed by atoms with Crippen LogP contribution in [-0.4, -0.2) is 15.9 Å². The normalized spacial score (nSPS) is 10.9. The van der Waals surface area contributed by atoms with Gasteiger partial charge >= 0.3 is 0 Å². The number of anilines is 1. The fourth-order valence-electron chi connectivity index (χ4n) is 2.70. The Kier molecular flexibility index (Phi) is 5.13. The summed E-state index contributed by atoms with van der Waals surface area (Å²) in [6.07, 6.45) is 3.40. The van der Waals surface area contributed by atoms with Gasteiger partial charge in [-0.3, -0.25) is 14.7 Å². The minimum Gasteiger partial charge on any atom is -0.279 e. The molecule has 0 aliphatic carbocycles. The highest BCUT2D eigenvalue weighted by Crippen LogP contribution is 2.32. The first-order chi connectivity index (χ1) is 13.1. The zero-order chi connectivity index (χ0) is 18.8. The fourth-order valence-corrected chi connectivity index (χ4v) is 4.30. The number of aromatic nitrogens is 2. The Bertz CT molecular complexity index is 1120. The molecule has 2 aromatic carbocycles. The number of para-hydroxylation sites is 1. The third-order valence-corrected chi connectivity index (χ3v) is 5.99. The smallest absolute Gasteiger partial charge is 0.261 e.